The number of alkyl halides is 2. The van der Waals surface area contributed by atoms with Gasteiger partial charge in [0.25, 0.3) is 6.43 Å². The number of benzene rings is 2. The lowest BCUT2D eigenvalue weighted by atomic mass is 9.99. The van der Waals surface area contributed by atoms with Crippen molar-refractivity contribution in [3.8, 4) is 11.1 Å². The fourth-order valence-electron chi connectivity index (χ4n) is 2.25. The van der Waals surface area contributed by atoms with Crippen molar-refractivity contribution in [1.82, 2.24) is 4.98 Å². The molecule has 0 aliphatic rings. The molecular formula is C15H10BrF2N. The van der Waals surface area contributed by atoms with E-state index in [9.17, 15) is 8.78 Å². The zero-order valence-electron chi connectivity index (χ0n) is 9.83. The van der Waals surface area contributed by atoms with Crippen LogP contribution in [0.15, 0.2) is 53.1 Å². The zero-order valence-corrected chi connectivity index (χ0v) is 11.4. The molecule has 3 aromatic rings. The Balaban J connectivity index is 2.28. The summed E-state index contributed by atoms with van der Waals surface area (Å²) in [4.78, 5) is 3.11. The maximum Gasteiger partial charge on any atom is 0.264 e. The van der Waals surface area contributed by atoms with Gasteiger partial charge in [0.05, 0.1) is 0 Å². The van der Waals surface area contributed by atoms with Gasteiger partial charge in [0.2, 0.25) is 0 Å². The molecule has 1 nitrogen and oxygen atoms in total. The fourth-order valence-corrected chi connectivity index (χ4v) is 2.61. The number of H-pyrrole nitrogens is 1. The molecule has 19 heavy (non-hydrogen) atoms. The van der Waals surface area contributed by atoms with E-state index in [0.29, 0.717) is 5.56 Å². The zero-order chi connectivity index (χ0) is 13.4. The van der Waals surface area contributed by atoms with Crippen LogP contribution >= 0.6 is 15.9 Å². The van der Waals surface area contributed by atoms with Gasteiger partial charge in [-0.1, -0.05) is 40.2 Å². The summed E-state index contributed by atoms with van der Waals surface area (Å²) in [5.74, 6) is 0. The van der Waals surface area contributed by atoms with Gasteiger partial charge < -0.3 is 4.98 Å². The molecule has 0 radical (unpaired) electrons. The molecule has 0 bridgehead atoms. The Bertz CT molecular complexity index is 734. The highest BCUT2D eigenvalue weighted by Crippen LogP contribution is 2.36. The molecular weight excluding hydrogens is 312 g/mol. The van der Waals surface area contributed by atoms with Crippen LogP contribution in [0.4, 0.5) is 8.78 Å². The number of rotatable bonds is 2. The van der Waals surface area contributed by atoms with Crippen molar-refractivity contribution in [1.29, 1.82) is 0 Å². The summed E-state index contributed by atoms with van der Waals surface area (Å²) in [5.41, 5.74) is 2.36. The van der Waals surface area contributed by atoms with Crippen LogP contribution in [0, 0.1) is 0 Å². The normalized spacial score (nSPS) is 11.4. The summed E-state index contributed by atoms with van der Waals surface area (Å²) in [6, 6.07) is 12.4. The molecule has 2 aromatic carbocycles. The summed E-state index contributed by atoms with van der Waals surface area (Å²) in [7, 11) is 0. The molecule has 96 valence electrons. The van der Waals surface area contributed by atoms with Gasteiger partial charge in [-0.2, -0.15) is 0 Å². The van der Waals surface area contributed by atoms with Crippen molar-refractivity contribution in [3.05, 3.63) is 58.7 Å². The number of nitrogens with one attached hydrogen (secondary N) is 1. The molecule has 0 fully saturated rings. The summed E-state index contributed by atoms with van der Waals surface area (Å²) in [6.07, 6.45) is -0.702. The van der Waals surface area contributed by atoms with E-state index >= 15 is 0 Å². The predicted molar refractivity (Wildman–Crippen MR) is 76.4 cm³/mol. The number of hydrogen-bond acceptors (Lipinski definition) is 0. The maximum atomic E-state index is 13.1. The van der Waals surface area contributed by atoms with Crippen LogP contribution in [0.5, 0.6) is 0 Å². The fraction of sp³-hybridized carbons (Fsp3) is 0.0667. The van der Waals surface area contributed by atoms with E-state index in [4.69, 9.17) is 0 Å². The third-order valence-corrected chi connectivity index (χ3v) is 3.62. The largest absolute Gasteiger partial charge is 0.361 e. The molecule has 1 aromatic heterocycles. The lowest BCUT2D eigenvalue weighted by Gasteiger charge is -2.07. The Morgan fingerprint density at radius 3 is 2.58 bits per heavy atom. The van der Waals surface area contributed by atoms with Crippen molar-refractivity contribution in [3.63, 3.8) is 0 Å². The van der Waals surface area contributed by atoms with E-state index in [2.05, 4.69) is 20.9 Å². The van der Waals surface area contributed by atoms with E-state index in [0.717, 1.165) is 20.9 Å². The third kappa shape index (κ3) is 2.16. The maximum absolute atomic E-state index is 13.1. The monoisotopic (exact) mass is 321 g/mol. The molecule has 0 saturated heterocycles. The van der Waals surface area contributed by atoms with E-state index in [1.807, 2.05) is 18.2 Å². The summed E-state index contributed by atoms with van der Waals surface area (Å²) >= 11 is 3.41. The van der Waals surface area contributed by atoms with Crippen LogP contribution in [0.2, 0.25) is 0 Å². The second kappa shape index (κ2) is 4.78. The molecule has 0 amide bonds. The van der Waals surface area contributed by atoms with Crippen molar-refractivity contribution in [2.45, 2.75) is 6.43 Å². The summed E-state index contributed by atoms with van der Waals surface area (Å²) < 4.78 is 27.1. The van der Waals surface area contributed by atoms with Gasteiger partial charge in [0.15, 0.2) is 0 Å². The van der Waals surface area contributed by atoms with Crippen molar-refractivity contribution in [2.24, 2.45) is 0 Å². The van der Waals surface area contributed by atoms with Gasteiger partial charge >= 0.3 is 0 Å². The van der Waals surface area contributed by atoms with Crippen molar-refractivity contribution < 1.29 is 8.78 Å². The lowest BCUT2D eigenvalue weighted by Crippen LogP contribution is -1.88. The molecule has 1 N–H and O–H groups in total. The average Bonchev–Trinajstić information content (AvgIpc) is 2.81. The van der Waals surface area contributed by atoms with Gasteiger partial charge in [0, 0.05) is 32.7 Å². The highest BCUT2D eigenvalue weighted by atomic mass is 79.9. The summed E-state index contributed by atoms with van der Waals surface area (Å²) in [5, 5.41) is 0.933. The van der Waals surface area contributed by atoms with E-state index < -0.39 is 6.43 Å². The highest BCUT2D eigenvalue weighted by Gasteiger charge is 2.16. The number of fused-ring (bicyclic) bond motifs is 1. The number of aromatic nitrogens is 1. The van der Waals surface area contributed by atoms with Gasteiger partial charge in [-0.05, 0) is 23.8 Å². The quantitative estimate of drug-likeness (QED) is 0.638. The lowest BCUT2D eigenvalue weighted by molar-refractivity contribution is 0.152. The van der Waals surface area contributed by atoms with Crippen LogP contribution in [0.1, 0.15) is 12.0 Å². The molecule has 0 unspecified atom stereocenters. The second-order valence-electron chi connectivity index (χ2n) is 4.28. The third-order valence-electron chi connectivity index (χ3n) is 3.13. The van der Waals surface area contributed by atoms with Crippen LogP contribution in [-0.4, -0.2) is 4.98 Å². The van der Waals surface area contributed by atoms with Crippen LogP contribution < -0.4 is 0 Å². The van der Waals surface area contributed by atoms with Gasteiger partial charge in [-0.3, -0.25) is 0 Å². The van der Waals surface area contributed by atoms with E-state index in [1.54, 1.807) is 24.4 Å². The Morgan fingerprint density at radius 1 is 1.00 bits per heavy atom. The minimum Gasteiger partial charge on any atom is -0.361 e. The minimum absolute atomic E-state index is 0.0587. The highest BCUT2D eigenvalue weighted by molar-refractivity contribution is 9.10. The first kappa shape index (κ1) is 12.4. The number of hydrogen-bond donors (Lipinski definition) is 1. The first-order valence-corrected chi connectivity index (χ1v) is 6.60. The second-order valence-corrected chi connectivity index (χ2v) is 5.20. The number of aromatic amines is 1. The van der Waals surface area contributed by atoms with Gasteiger partial charge in [-0.15, -0.1) is 0 Å². The molecule has 0 spiro atoms. The Hall–Kier alpha value is -1.68. The Morgan fingerprint density at radius 2 is 1.79 bits per heavy atom. The van der Waals surface area contributed by atoms with Crippen molar-refractivity contribution >= 4 is 26.8 Å². The Labute approximate surface area is 117 Å². The molecule has 0 aliphatic carbocycles. The molecule has 0 atom stereocenters. The Kier molecular flexibility index (Phi) is 3.11. The molecule has 1 heterocycles. The van der Waals surface area contributed by atoms with Gasteiger partial charge in [-0.25, -0.2) is 8.78 Å². The molecule has 0 aliphatic heterocycles. The van der Waals surface area contributed by atoms with E-state index in [1.165, 1.54) is 6.07 Å². The van der Waals surface area contributed by atoms with E-state index in [-0.39, 0.29) is 5.56 Å². The first-order chi connectivity index (χ1) is 9.16. The van der Waals surface area contributed by atoms with Gasteiger partial charge in [0.1, 0.15) is 0 Å². The van der Waals surface area contributed by atoms with Crippen LogP contribution in [0.25, 0.3) is 22.0 Å². The van der Waals surface area contributed by atoms with Crippen LogP contribution in [0.3, 0.4) is 0 Å². The SMILES string of the molecule is FC(F)c1ccccc1-c1c[nH]c2ccc(Br)cc12. The molecule has 3 rings (SSSR count). The molecule has 4 heteroatoms. The minimum atomic E-state index is -2.48. The van der Waals surface area contributed by atoms with Crippen molar-refractivity contribution in [2.75, 3.05) is 0 Å². The number of halogens is 3. The van der Waals surface area contributed by atoms with Crippen LogP contribution in [-0.2, 0) is 0 Å². The summed E-state index contributed by atoms with van der Waals surface area (Å²) in [6.45, 7) is 0. The standard InChI is InChI=1S/C15H10BrF2N/c16-9-5-6-14-12(7-9)13(8-19-14)10-3-1-2-4-11(10)15(17)18/h1-8,15,19H. The first-order valence-electron chi connectivity index (χ1n) is 5.81. The average molecular weight is 322 g/mol. The topological polar surface area (TPSA) is 15.8 Å². The molecule has 0 saturated carbocycles. The smallest absolute Gasteiger partial charge is 0.264 e. The predicted octanol–water partition coefficient (Wildman–Crippen LogP) is 5.54.